The Labute approximate surface area is 144 Å². The van der Waals surface area contributed by atoms with Gasteiger partial charge in [0.05, 0.1) is 6.61 Å². The minimum absolute atomic E-state index is 0.142. The molecule has 0 saturated heterocycles. The molecule has 4 nitrogen and oxygen atoms in total. The number of aliphatic imine (C=N–C) groups is 1. The van der Waals surface area contributed by atoms with Crippen molar-refractivity contribution in [3.05, 3.63) is 71.8 Å². The molecule has 0 fully saturated rings. The van der Waals surface area contributed by atoms with Crippen LogP contribution in [0.2, 0.25) is 0 Å². The number of rotatable bonds is 8. The lowest BCUT2D eigenvalue weighted by atomic mass is 9.92. The lowest BCUT2D eigenvalue weighted by molar-refractivity contribution is 0.179. The standard InChI is InChI=1S/C20H27N3O/c1-16(15-24-2)23-20(21)22-14-19(18-11-7-4-8-12-18)13-17-9-5-3-6-10-17/h3-12,16,19H,13-15H2,1-2H3,(H3,21,22,23). The highest BCUT2D eigenvalue weighted by Gasteiger charge is 2.12. The second-order valence-electron chi connectivity index (χ2n) is 6.02. The van der Waals surface area contributed by atoms with E-state index in [-0.39, 0.29) is 6.04 Å². The molecule has 2 unspecified atom stereocenters. The van der Waals surface area contributed by atoms with E-state index in [1.54, 1.807) is 7.11 Å². The molecule has 0 heterocycles. The summed E-state index contributed by atoms with van der Waals surface area (Å²) >= 11 is 0. The number of benzene rings is 2. The van der Waals surface area contributed by atoms with E-state index in [1.165, 1.54) is 11.1 Å². The molecule has 2 aromatic rings. The highest BCUT2D eigenvalue weighted by atomic mass is 16.5. The smallest absolute Gasteiger partial charge is 0.188 e. The third kappa shape index (κ3) is 6.05. The van der Waals surface area contributed by atoms with Gasteiger partial charge in [-0.3, -0.25) is 4.99 Å². The van der Waals surface area contributed by atoms with Crippen LogP contribution in [0.25, 0.3) is 0 Å². The van der Waals surface area contributed by atoms with Gasteiger partial charge in [0.15, 0.2) is 5.96 Å². The highest BCUT2D eigenvalue weighted by molar-refractivity contribution is 5.78. The molecule has 0 amide bonds. The maximum absolute atomic E-state index is 6.01. The Kier molecular flexibility index (Phi) is 7.30. The van der Waals surface area contributed by atoms with Crippen LogP contribution in [0.15, 0.2) is 65.7 Å². The van der Waals surface area contributed by atoms with Gasteiger partial charge in [0.1, 0.15) is 0 Å². The predicted octanol–water partition coefficient (Wildman–Crippen LogP) is 2.95. The number of hydrogen-bond acceptors (Lipinski definition) is 2. The van der Waals surface area contributed by atoms with Crippen LogP contribution in [-0.4, -0.2) is 32.3 Å². The molecular formula is C20H27N3O. The Balaban J connectivity index is 2.06. The van der Waals surface area contributed by atoms with Crippen molar-refractivity contribution in [2.24, 2.45) is 10.7 Å². The maximum Gasteiger partial charge on any atom is 0.188 e. The van der Waals surface area contributed by atoms with Crippen LogP contribution in [0, 0.1) is 0 Å². The zero-order valence-electron chi connectivity index (χ0n) is 14.5. The molecule has 2 aromatic carbocycles. The molecule has 0 spiro atoms. The van der Waals surface area contributed by atoms with Crippen molar-refractivity contribution in [3.63, 3.8) is 0 Å². The normalized spacial score (nSPS) is 14.2. The fourth-order valence-electron chi connectivity index (χ4n) is 2.71. The summed E-state index contributed by atoms with van der Waals surface area (Å²) < 4.78 is 5.11. The molecule has 0 saturated carbocycles. The molecule has 0 aromatic heterocycles. The maximum atomic E-state index is 6.01. The lowest BCUT2D eigenvalue weighted by Crippen LogP contribution is -2.41. The average molecular weight is 325 g/mol. The van der Waals surface area contributed by atoms with Gasteiger partial charge in [0, 0.05) is 25.6 Å². The highest BCUT2D eigenvalue weighted by Crippen LogP contribution is 2.21. The number of nitrogens with two attached hydrogens (primary N) is 1. The Morgan fingerprint density at radius 2 is 1.71 bits per heavy atom. The summed E-state index contributed by atoms with van der Waals surface area (Å²) in [5.74, 6) is 0.764. The first-order valence-electron chi connectivity index (χ1n) is 8.33. The zero-order chi connectivity index (χ0) is 17.2. The first-order valence-corrected chi connectivity index (χ1v) is 8.33. The third-order valence-electron chi connectivity index (χ3n) is 3.89. The number of nitrogens with one attached hydrogen (secondary N) is 1. The summed E-state index contributed by atoms with van der Waals surface area (Å²) in [5, 5.41) is 3.15. The summed E-state index contributed by atoms with van der Waals surface area (Å²) in [4.78, 5) is 4.55. The Hall–Kier alpha value is -2.33. The van der Waals surface area contributed by atoms with Crippen molar-refractivity contribution < 1.29 is 4.74 Å². The van der Waals surface area contributed by atoms with Gasteiger partial charge in [-0.2, -0.15) is 0 Å². The summed E-state index contributed by atoms with van der Waals surface area (Å²) in [6.07, 6.45) is 0.940. The molecule has 3 N–H and O–H groups in total. The lowest BCUT2D eigenvalue weighted by Gasteiger charge is -2.17. The van der Waals surface area contributed by atoms with Crippen molar-refractivity contribution in [2.75, 3.05) is 20.3 Å². The van der Waals surface area contributed by atoms with Crippen molar-refractivity contribution in [2.45, 2.75) is 25.3 Å². The molecule has 0 radical (unpaired) electrons. The van der Waals surface area contributed by atoms with Gasteiger partial charge in [-0.15, -0.1) is 0 Å². The molecule has 0 aliphatic carbocycles. The Bertz CT molecular complexity index is 613. The molecule has 0 bridgehead atoms. The Morgan fingerprint density at radius 1 is 1.08 bits per heavy atom. The molecule has 2 atom stereocenters. The van der Waals surface area contributed by atoms with Crippen LogP contribution in [0.5, 0.6) is 0 Å². The van der Waals surface area contributed by atoms with Crippen LogP contribution >= 0.6 is 0 Å². The SMILES string of the molecule is COCC(C)NC(N)=NCC(Cc1ccccc1)c1ccccc1. The van der Waals surface area contributed by atoms with E-state index >= 15 is 0 Å². The van der Waals surface area contributed by atoms with Crippen LogP contribution in [0.1, 0.15) is 24.0 Å². The Morgan fingerprint density at radius 3 is 2.33 bits per heavy atom. The monoisotopic (exact) mass is 325 g/mol. The van der Waals surface area contributed by atoms with Gasteiger partial charge in [-0.25, -0.2) is 0 Å². The second kappa shape index (κ2) is 9.73. The van der Waals surface area contributed by atoms with Crippen molar-refractivity contribution in [3.8, 4) is 0 Å². The quantitative estimate of drug-likeness (QED) is 0.579. The molecule has 128 valence electrons. The molecule has 2 rings (SSSR count). The molecule has 0 aliphatic heterocycles. The van der Waals surface area contributed by atoms with Gasteiger partial charge >= 0.3 is 0 Å². The number of ether oxygens (including phenoxy) is 1. The largest absolute Gasteiger partial charge is 0.383 e. The molecule has 0 aliphatic rings. The zero-order valence-corrected chi connectivity index (χ0v) is 14.5. The van der Waals surface area contributed by atoms with E-state index < -0.39 is 0 Å². The van der Waals surface area contributed by atoms with E-state index in [1.807, 2.05) is 19.1 Å². The van der Waals surface area contributed by atoms with Crippen molar-refractivity contribution >= 4 is 5.96 Å². The first-order chi connectivity index (χ1) is 11.7. The fourth-order valence-corrected chi connectivity index (χ4v) is 2.71. The van der Waals surface area contributed by atoms with E-state index in [0.717, 1.165) is 6.42 Å². The first kappa shape index (κ1) is 18.0. The van der Waals surface area contributed by atoms with Crippen LogP contribution < -0.4 is 11.1 Å². The van der Waals surface area contributed by atoms with Gasteiger partial charge < -0.3 is 15.8 Å². The van der Waals surface area contributed by atoms with E-state index in [0.29, 0.717) is 25.0 Å². The number of guanidine groups is 1. The summed E-state index contributed by atoms with van der Waals surface area (Å²) in [7, 11) is 1.68. The van der Waals surface area contributed by atoms with Crippen LogP contribution in [0.3, 0.4) is 0 Å². The van der Waals surface area contributed by atoms with Crippen LogP contribution in [-0.2, 0) is 11.2 Å². The minimum Gasteiger partial charge on any atom is -0.383 e. The van der Waals surface area contributed by atoms with Gasteiger partial charge in [-0.1, -0.05) is 60.7 Å². The van der Waals surface area contributed by atoms with Crippen molar-refractivity contribution in [1.29, 1.82) is 0 Å². The van der Waals surface area contributed by atoms with Crippen LogP contribution in [0.4, 0.5) is 0 Å². The summed E-state index contributed by atoms with van der Waals surface area (Å²) in [6, 6.07) is 21.1. The van der Waals surface area contributed by atoms with Crippen molar-refractivity contribution in [1.82, 2.24) is 5.32 Å². The van der Waals surface area contributed by atoms with E-state index in [2.05, 4.69) is 58.8 Å². The number of nitrogens with zero attached hydrogens (tertiary/aromatic N) is 1. The van der Waals surface area contributed by atoms with E-state index in [9.17, 15) is 0 Å². The van der Waals surface area contributed by atoms with Gasteiger partial charge in [-0.05, 0) is 24.5 Å². The van der Waals surface area contributed by atoms with Gasteiger partial charge in [0.2, 0.25) is 0 Å². The van der Waals surface area contributed by atoms with E-state index in [4.69, 9.17) is 10.5 Å². The number of hydrogen-bond donors (Lipinski definition) is 2. The summed E-state index contributed by atoms with van der Waals surface area (Å²) in [5.41, 5.74) is 8.59. The predicted molar refractivity (Wildman–Crippen MR) is 100 cm³/mol. The number of methoxy groups -OCH3 is 1. The van der Waals surface area contributed by atoms with Gasteiger partial charge in [0.25, 0.3) is 0 Å². The average Bonchev–Trinajstić information content (AvgIpc) is 2.60. The minimum atomic E-state index is 0.142. The fraction of sp³-hybridized carbons (Fsp3) is 0.350. The molecule has 24 heavy (non-hydrogen) atoms. The summed E-state index contributed by atoms with van der Waals surface area (Å²) in [6.45, 7) is 3.27. The molecular weight excluding hydrogens is 298 g/mol. The third-order valence-corrected chi connectivity index (χ3v) is 3.89. The topological polar surface area (TPSA) is 59.6 Å². The molecule has 4 heteroatoms. The second-order valence-corrected chi connectivity index (χ2v) is 6.02.